The van der Waals surface area contributed by atoms with Gasteiger partial charge in [0.25, 0.3) is 0 Å². The Balaban J connectivity index is 1.85. The third kappa shape index (κ3) is 2.26. The van der Waals surface area contributed by atoms with Gasteiger partial charge in [-0.1, -0.05) is 24.6 Å². The van der Waals surface area contributed by atoms with Crippen LogP contribution in [0, 0.1) is 6.92 Å². The van der Waals surface area contributed by atoms with E-state index in [2.05, 4.69) is 41.4 Å². The lowest BCUT2D eigenvalue weighted by molar-refractivity contribution is 0.123. The van der Waals surface area contributed by atoms with Gasteiger partial charge in [0, 0.05) is 18.3 Å². The first-order valence-electron chi connectivity index (χ1n) is 7.44. The molecule has 0 bridgehead atoms. The van der Waals surface area contributed by atoms with Gasteiger partial charge >= 0.3 is 0 Å². The Morgan fingerprint density at radius 2 is 2.16 bits per heavy atom. The molecule has 19 heavy (non-hydrogen) atoms. The second-order valence-corrected chi connectivity index (χ2v) is 6.05. The Morgan fingerprint density at radius 3 is 2.95 bits per heavy atom. The molecule has 2 atom stereocenters. The van der Waals surface area contributed by atoms with Crippen LogP contribution < -0.4 is 5.32 Å². The number of nitrogens with one attached hydrogen (secondary N) is 1. The fourth-order valence-corrected chi connectivity index (χ4v) is 3.75. The highest BCUT2D eigenvalue weighted by Gasteiger charge is 2.47. The third-order valence-electron chi connectivity index (χ3n) is 4.91. The third-order valence-corrected chi connectivity index (χ3v) is 4.91. The minimum absolute atomic E-state index is 0.146. The van der Waals surface area contributed by atoms with E-state index in [1.807, 2.05) is 0 Å². The predicted molar refractivity (Wildman–Crippen MR) is 78.4 cm³/mol. The second kappa shape index (κ2) is 5.14. The molecular weight excluding hydrogens is 236 g/mol. The lowest BCUT2D eigenvalue weighted by atomic mass is 9.85. The number of fused-ring (bicyclic) bond motifs is 1. The highest BCUT2D eigenvalue weighted by atomic mass is 16.3. The van der Waals surface area contributed by atoms with E-state index in [0.717, 1.165) is 13.0 Å². The molecule has 2 aliphatic heterocycles. The van der Waals surface area contributed by atoms with E-state index in [-0.39, 0.29) is 12.1 Å². The van der Waals surface area contributed by atoms with Gasteiger partial charge in [-0.25, -0.2) is 0 Å². The lowest BCUT2D eigenvalue weighted by Crippen LogP contribution is -2.54. The van der Waals surface area contributed by atoms with Gasteiger partial charge in [-0.15, -0.1) is 0 Å². The van der Waals surface area contributed by atoms with Crippen molar-refractivity contribution in [2.45, 2.75) is 44.2 Å². The van der Waals surface area contributed by atoms with Crippen LogP contribution in [0.5, 0.6) is 0 Å². The molecular formula is C16H24N2O. The van der Waals surface area contributed by atoms with Crippen molar-refractivity contribution >= 4 is 5.69 Å². The molecule has 0 saturated carbocycles. The molecule has 2 aliphatic rings. The Morgan fingerprint density at radius 1 is 1.32 bits per heavy atom. The second-order valence-electron chi connectivity index (χ2n) is 6.05. The summed E-state index contributed by atoms with van der Waals surface area (Å²) in [5, 5.41) is 13.7. The molecule has 1 aromatic rings. The number of para-hydroxylation sites is 1. The molecule has 0 aromatic heterocycles. The van der Waals surface area contributed by atoms with E-state index in [1.54, 1.807) is 0 Å². The summed E-state index contributed by atoms with van der Waals surface area (Å²) in [5.74, 6) is 0. The molecule has 0 amide bonds. The first-order valence-corrected chi connectivity index (χ1v) is 7.44. The van der Waals surface area contributed by atoms with Crippen LogP contribution in [0.25, 0.3) is 0 Å². The number of aryl methyl sites for hydroxylation is 1. The largest absolute Gasteiger partial charge is 0.394 e. The van der Waals surface area contributed by atoms with Gasteiger partial charge in [0.1, 0.15) is 0 Å². The maximum atomic E-state index is 10.0. The SMILES string of the molecule is Cc1ccccc1NC1(CO)CCN2CCCCC21. The number of benzene rings is 1. The molecule has 1 aromatic carbocycles. The van der Waals surface area contributed by atoms with Crippen LogP contribution in [0.15, 0.2) is 24.3 Å². The Labute approximate surface area is 115 Å². The molecule has 0 aliphatic carbocycles. The van der Waals surface area contributed by atoms with E-state index < -0.39 is 0 Å². The number of rotatable bonds is 3. The van der Waals surface area contributed by atoms with Crippen LogP contribution in [0.3, 0.4) is 0 Å². The molecule has 3 nitrogen and oxygen atoms in total. The normalized spacial score (nSPS) is 31.2. The average molecular weight is 260 g/mol. The summed E-state index contributed by atoms with van der Waals surface area (Å²) in [7, 11) is 0. The summed E-state index contributed by atoms with van der Waals surface area (Å²) in [6, 6.07) is 8.87. The molecule has 0 radical (unpaired) electrons. The molecule has 3 rings (SSSR count). The van der Waals surface area contributed by atoms with Gasteiger partial charge < -0.3 is 10.4 Å². The molecule has 2 saturated heterocycles. The highest BCUT2D eigenvalue weighted by Crippen LogP contribution is 2.37. The van der Waals surface area contributed by atoms with Gasteiger partial charge in [-0.3, -0.25) is 4.90 Å². The van der Waals surface area contributed by atoms with Crippen molar-refractivity contribution in [2.75, 3.05) is 25.0 Å². The van der Waals surface area contributed by atoms with Crippen LogP contribution in [-0.4, -0.2) is 41.3 Å². The van der Waals surface area contributed by atoms with Crippen molar-refractivity contribution in [3.8, 4) is 0 Å². The van der Waals surface area contributed by atoms with Crippen LogP contribution in [0.1, 0.15) is 31.2 Å². The van der Waals surface area contributed by atoms with Crippen molar-refractivity contribution in [1.29, 1.82) is 0 Å². The summed E-state index contributed by atoms with van der Waals surface area (Å²) in [5.41, 5.74) is 2.28. The minimum atomic E-state index is -0.146. The fourth-order valence-electron chi connectivity index (χ4n) is 3.75. The van der Waals surface area contributed by atoms with Crippen LogP contribution in [0.2, 0.25) is 0 Å². The van der Waals surface area contributed by atoms with Crippen molar-refractivity contribution in [2.24, 2.45) is 0 Å². The molecule has 2 fully saturated rings. The van der Waals surface area contributed by atoms with Crippen molar-refractivity contribution in [1.82, 2.24) is 4.90 Å². The quantitative estimate of drug-likeness (QED) is 0.876. The van der Waals surface area contributed by atoms with Crippen molar-refractivity contribution in [3.05, 3.63) is 29.8 Å². The zero-order chi connectivity index (χ0) is 13.3. The molecule has 3 heteroatoms. The summed E-state index contributed by atoms with van der Waals surface area (Å²) in [6.07, 6.45) is 4.85. The van der Waals surface area contributed by atoms with E-state index in [0.29, 0.717) is 6.04 Å². The van der Waals surface area contributed by atoms with Crippen LogP contribution >= 0.6 is 0 Å². The topological polar surface area (TPSA) is 35.5 Å². The zero-order valence-corrected chi connectivity index (χ0v) is 11.7. The summed E-state index contributed by atoms with van der Waals surface area (Å²) in [6.45, 7) is 4.66. The van der Waals surface area contributed by atoms with Gasteiger partial charge in [-0.05, 0) is 44.4 Å². The Bertz CT molecular complexity index is 448. The number of aliphatic hydroxyl groups excluding tert-OH is 1. The van der Waals surface area contributed by atoms with E-state index >= 15 is 0 Å². The first kappa shape index (κ1) is 12.9. The minimum Gasteiger partial charge on any atom is -0.394 e. The van der Waals surface area contributed by atoms with Crippen LogP contribution in [0.4, 0.5) is 5.69 Å². The number of hydrogen-bond acceptors (Lipinski definition) is 3. The molecule has 2 unspecified atom stereocenters. The van der Waals surface area contributed by atoms with Gasteiger partial charge in [0.15, 0.2) is 0 Å². The molecule has 104 valence electrons. The monoisotopic (exact) mass is 260 g/mol. The van der Waals surface area contributed by atoms with Crippen LogP contribution in [-0.2, 0) is 0 Å². The van der Waals surface area contributed by atoms with Gasteiger partial charge in [-0.2, -0.15) is 0 Å². The van der Waals surface area contributed by atoms with E-state index in [1.165, 1.54) is 37.1 Å². The number of hydrogen-bond donors (Lipinski definition) is 2. The van der Waals surface area contributed by atoms with E-state index in [4.69, 9.17) is 0 Å². The smallest absolute Gasteiger partial charge is 0.0770 e. The number of nitrogens with zero attached hydrogens (tertiary/aromatic N) is 1. The number of aliphatic hydroxyl groups is 1. The maximum absolute atomic E-state index is 10.0. The molecule has 0 spiro atoms. The maximum Gasteiger partial charge on any atom is 0.0770 e. The van der Waals surface area contributed by atoms with Crippen molar-refractivity contribution < 1.29 is 5.11 Å². The fraction of sp³-hybridized carbons (Fsp3) is 0.625. The number of piperidine rings is 1. The van der Waals surface area contributed by atoms with E-state index in [9.17, 15) is 5.11 Å². The molecule has 2 heterocycles. The summed E-state index contributed by atoms with van der Waals surface area (Å²) in [4.78, 5) is 2.56. The lowest BCUT2D eigenvalue weighted by Gasteiger charge is -2.41. The Hall–Kier alpha value is -1.06. The standard InChI is InChI=1S/C16H24N2O/c1-13-6-2-3-7-14(13)17-16(12-19)9-11-18-10-5-4-8-15(16)18/h2-3,6-7,15,17,19H,4-5,8-12H2,1H3. The number of anilines is 1. The average Bonchev–Trinajstić information content (AvgIpc) is 2.81. The predicted octanol–water partition coefficient (Wildman–Crippen LogP) is 2.40. The van der Waals surface area contributed by atoms with Gasteiger partial charge in [0.2, 0.25) is 0 Å². The Kier molecular flexibility index (Phi) is 3.50. The zero-order valence-electron chi connectivity index (χ0n) is 11.7. The molecule has 2 N–H and O–H groups in total. The first-order chi connectivity index (χ1) is 9.25. The van der Waals surface area contributed by atoms with Gasteiger partial charge in [0.05, 0.1) is 12.1 Å². The highest BCUT2D eigenvalue weighted by molar-refractivity contribution is 5.53. The van der Waals surface area contributed by atoms with Crippen molar-refractivity contribution in [3.63, 3.8) is 0 Å². The summed E-state index contributed by atoms with van der Waals surface area (Å²) < 4.78 is 0. The summed E-state index contributed by atoms with van der Waals surface area (Å²) >= 11 is 0.